The Labute approximate surface area is 391 Å². The molecule has 0 saturated heterocycles. The van der Waals surface area contributed by atoms with Gasteiger partial charge in [0.2, 0.25) is 0 Å². The van der Waals surface area contributed by atoms with Crippen LogP contribution in [0.1, 0.15) is 74.9 Å². The van der Waals surface area contributed by atoms with Crippen LogP contribution in [0.2, 0.25) is 0 Å². The van der Waals surface area contributed by atoms with Crippen molar-refractivity contribution in [2.24, 2.45) is 0 Å². The minimum absolute atomic E-state index is 0.0402. The highest BCUT2D eigenvalue weighted by Crippen LogP contribution is 2.58. The van der Waals surface area contributed by atoms with Gasteiger partial charge < -0.3 is 10.2 Å². The maximum absolute atomic E-state index is 10.8. The highest BCUT2D eigenvalue weighted by atomic mass is 16.3. The summed E-state index contributed by atoms with van der Waals surface area (Å²) in [4.78, 5) is 0. The van der Waals surface area contributed by atoms with E-state index in [1.807, 2.05) is 0 Å². The number of hydrogen-bond donors (Lipinski definition) is 2. The van der Waals surface area contributed by atoms with Gasteiger partial charge >= 0.3 is 0 Å². The summed E-state index contributed by atoms with van der Waals surface area (Å²) in [5.74, 6) is 0.439. The van der Waals surface area contributed by atoms with Gasteiger partial charge in [-0.3, -0.25) is 0 Å². The lowest BCUT2D eigenvalue weighted by molar-refractivity contribution is 0.474. The highest BCUT2D eigenvalue weighted by Gasteiger charge is 2.47. The number of benzene rings is 12. The zero-order chi connectivity index (χ0) is 45.7. The monoisotopic (exact) mass is 862 g/mol. The first-order valence-corrected chi connectivity index (χ1v) is 23.6. The first kappa shape index (κ1) is 39.7. The maximum atomic E-state index is 10.8. The van der Waals surface area contributed by atoms with Crippen LogP contribution in [0.25, 0.3) is 98.0 Å². The molecule has 2 heteroatoms. The minimum atomic E-state index is -0.793. The number of aromatic hydroxyl groups is 2. The molecule has 12 aromatic rings. The molecule has 0 heterocycles. The normalized spacial score (nSPS) is 13.8. The average Bonchev–Trinajstić information content (AvgIpc) is 3.61. The third kappa shape index (κ3) is 5.69. The van der Waals surface area contributed by atoms with E-state index in [1.54, 1.807) is 24.3 Å². The summed E-state index contributed by atoms with van der Waals surface area (Å²) in [5.41, 5.74) is 13.4. The second-order valence-electron chi connectivity index (χ2n) is 21.2. The van der Waals surface area contributed by atoms with Gasteiger partial charge in [-0.15, -0.1) is 0 Å². The van der Waals surface area contributed by atoms with Crippen molar-refractivity contribution in [2.45, 2.75) is 57.8 Å². The van der Waals surface area contributed by atoms with Crippen molar-refractivity contribution >= 4 is 64.6 Å². The van der Waals surface area contributed by atoms with E-state index in [0.29, 0.717) is 0 Å². The third-order valence-corrected chi connectivity index (χ3v) is 15.3. The molecule has 0 saturated carbocycles. The van der Waals surface area contributed by atoms with E-state index < -0.39 is 5.41 Å². The summed E-state index contributed by atoms with van der Waals surface area (Å²) in [6.45, 7) is 13.7. The van der Waals surface area contributed by atoms with E-state index in [-0.39, 0.29) is 22.3 Å². The minimum Gasteiger partial charge on any atom is -0.508 e. The van der Waals surface area contributed by atoms with E-state index in [9.17, 15) is 10.2 Å². The SMILES string of the molecule is CC(C)(C)c1cc2ccc3ccc(-c4ccc5c(c4)C(c4ccc(O)cc4)(c4ccc(O)cc4)c4cc(-c6ccc7ccc8cc(C(C)(C)C)cc9ccc6c7c89)ccc4-5)c4ccc(c1)c2c34. The number of phenolic OH excluding ortho intramolecular Hbond substituents is 2. The molecule has 0 radical (unpaired) electrons. The predicted molar refractivity (Wildman–Crippen MR) is 283 cm³/mol. The van der Waals surface area contributed by atoms with E-state index in [2.05, 4.69) is 199 Å². The molecular weight excluding hydrogens is 813 g/mol. The Hall–Kier alpha value is -7.68. The first-order chi connectivity index (χ1) is 32.3. The van der Waals surface area contributed by atoms with Gasteiger partial charge in [0.05, 0.1) is 5.41 Å². The molecule has 1 aliphatic carbocycles. The molecule has 0 aromatic heterocycles. The predicted octanol–water partition coefficient (Wildman–Crippen LogP) is 17.2. The summed E-state index contributed by atoms with van der Waals surface area (Å²) in [5, 5.41) is 36.8. The zero-order valence-electron chi connectivity index (χ0n) is 38.7. The Morgan fingerprint density at radius 3 is 1.01 bits per heavy atom. The van der Waals surface area contributed by atoms with Crippen LogP contribution < -0.4 is 0 Å². The molecule has 322 valence electrons. The fraction of sp³-hybridized carbons (Fsp3) is 0.138. The summed E-state index contributed by atoms with van der Waals surface area (Å²) in [6.07, 6.45) is 0. The average molecular weight is 863 g/mol. The van der Waals surface area contributed by atoms with Gasteiger partial charge in [-0.05, 0) is 179 Å². The van der Waals surface area contributed by atoms with Crippen molar-refractivity contribution in [3.05, 3.63) is 215 Å². The second kappa shape index (κ2) is 13.7. The summed E-state index contributed by atoms with van der Waals surface area (Å²) in [7, 11) is 0. The molecule has 2 nitrogen and oxygen atoms in total. The van der Waals surface area contributed by atoms with Crippen LogP contribution >= 0.6 is 0 Å². The molecule has 0 spiro atoms. The number of rotatable bonds is 4. The van der Waals surface area contributed by atoms with Crippen molar-refractivity contribution in [1.82, 2.24) is 0 Å². The molecule has 0 amide bonds. The van der Waals surface area contributed by atoms with Gasteiger partial charge in [0.15, 0.2) is 0 Å². The zero-order valence-corrected chi connectivity index (χ0v) is 38.7. The van der Waals surface area contributed by atoms with Crippen LogP contribution in [0.3, 0.4) is 0 Å². The molecule has 67 heavy (non-hydrogen) atoms. The van der Waals surface area contributed by atoms with Crippen LogP contribution in [0.4, 0.5) is 0 Å². The first-order valence-electron chi connectivity index (χ1n) is 23.6. The summed E-state index contributed by atoms with van der Waals surface area (Å²) in [6, 6.07) is 66.7. The lowest BCUT2D eigenvalue weighted by Crippen LogP contribution is -2.28. The quantitative estimate of drug-likeness (QED) is 0.173. The van der Waals surface area contributed by atoms with Crippen LogP contribution in [0, 0.1) is 0 Å². The van der Waals surface area contributed by atoms with Gasteiger partial charge in [0.1, 0.15) is 11.5 Å². The number of fused-ring (bicyclic) bond motifs is 3. The standard InChI is InChI=1S/C65H50O2/c1-63(2,3)47-31-41-9-7-37-11-25-51(55-29-15-43(33-47)59(41)61(37)55)39-13-27-53-54-28-14-40(36-58(54)65(57(53)35-39,45-17-21-49(66)22-18-45)46-19-23-50(67)24-20-46)52-26-12-38-8-10-42-32-48(64(4,5)6)34-44-16-30-56(52)62(38)60(42)44/h7-36,66-67H,1-6H3. The van der Waals surface area contributed by atoms with E-state index >= 15 is 0 Å². The Morgan fingerprint density at radius 1 is 0.313 bits per heavy atom. The van der Waals surface area contributed by atoms with E-state index in [1.165, 1.54) is 109 Å². The van der Waals surface area contributed by atoms with Crippen molar-refractivity contribution in [3.8, 4) is 44.9 Å². The fourth-order valence-electron chi connectivity index (χ4n) is 11.9. The lowest BCUT2D eigenvalue weighted by atomic mass is 9.67. The van der Waals surface area contributed by atoms with Gasteiger partial charge in [0, 0.05) is 0 Å². The fourth-order valence-corrected chi connectivity index (χ4v) is 11.9. The summed E-state index contributed by atoms with van der Waals surface area (Å²) < 4.78 is 0. The molecule has 13 rings (SSSR count). The Bertz CT molecular complexity index is 3690. The van der Waals surface area contributed by atoms with Crippen molar-refractivity contribution in [2.75, 3.05) is 0 Å². The Balaban J connectivity index is 1.06. The summed E-state index contributed by atoms with van der Waals surface area (Å²) >= 11 is 0. The third-order valence-electron chi connectivity index (χ3n) is 15.3. The van der Waals surface area contributed by atoms with E-state index in [0.717, 1.165) is 22.3 Å². The van der Waals surface area contributed by atoms with Gasteiger partial charge in [-0.2, -0.15) is 0 Å². The molecule has 1 aliphatic rings. The highest BCUT2D eigenvalue weighted by molar-refractivity contribution is 6.27. The van der Waals surface area contributed by atoms with Crippen LogP contribution in [0.15, 0.2) is 182 Å². The molecule has 12 aromatic carbocycles. The van der Waals surface area contributed by atoms with Gasteiger partial charge in [-0.1, -0.05) is 187 Å². The van der Waals surface area contributed by atoms with Crippen LogP contribution in [-0.2, 0) is 16.2 Å². The van der Waals surface area contributed by atoms with Crippen molar-refractivity contribution in [3.63, 3.8) is 0 Å². The molecule has 0 fully saturated rings. The van der Waals surface area contributed by atoms with Crippen LogP contribution in [-0.4, -0.2) is 10.2 Å². The van der Waals surface area contributed by atoms with Crippen LogP contribution in [0.5, 0.6) is 11.5 Å². The van der Waals surface area contributed by atoms with E-state index in [4.69, 9.17) is 0 Å². The molecule has 0 unspecified atom stereocenters. The smallest absolute Gasteiger partial charge is 0.115 e. The molecule has 0 atom stereocenters. The van der Waals surface area contributed by atoms with Crippen molar-refractivity contribution < 1.29 is 10.2 Å². The largest absolute Gasteiger partial charge is 0.508 e. The number of hydrogen-bond acceptors (Lipinski definition) is 2. The molecule has 2 N–H and O–H groups in total. The number of phenols is 2. The van der Waals surface area contributed by atoms with Gasteiger partial charge in [-0.25, -0.2) is 0 Å². The van der Waals surface area contributed by atoms with Crippen molar-refractivity contribution in [1.29, 1.82) is 0 Å². The Kier molecular flexibility index (Phi) is 8.10. The second-order valence-corrected chi connectivity index (χ2v) is 21.2. The lowest BCUT2D eigenvalue weighted by Gasteiger charge is -2.34. The maximum Gasteiger partial charge on any atom is 0.115 e. The van der Waals surface area contributed by atoms with Gasteiger partial charge in [0.25, 0.3) is 0 Å². The molecular formula is C65H50O2. The molecule has 0 aliphatic heterocycles. The molecule has 0 bridgehead atoms. The topological polar surface area (TPSA) is 40.5 Å². The Morgan fingerprint density at radius 2 is 0.642 bits per heavy atom.